The molecule has 0 saturated heterocycles. The van der Waals surface area contributed by atoms with E-state index in [-0.39, 0.29) is 24.0 Å². The van der Waals surface area contributed by atoms with E-state index in [4.69, 9.17) is 14.2 Å². The molecular formula is C19H34IN3O3. The Labute approximate surface area is 175 Å². The number of nitrogens with one attached hydrogen (secondary N) is 2. The quantitative estimate of drug-likeness (QED) is 0.209. The highest BCUT2D eigenvalue weighted by Crippen LogP contribution is 2.20. The molecule has 26 heavy (non-hydrogen) atoms. The third-order valence-electron chi connectivity index (χ3n) is 3.65. The Kier molecular flexibility index (Phi) is 15.5. The average molecular weight is 479 g/mol. The summed E-state index contributed by atoms with van der Waals surface area (Å²) in [6.07, 6.45) is 2.10. The Hall–Kier alpha value is -1.06. The Bertz CT molecular complexity index is 513. The molecule has 0 amide bonds. The van der Waals surface area contributed by atoms with Crippen LogP contribution in [0.5, 0.6) is 5.75 Å². The van der Waals surface area contributed by atoms with Crippen LogP contribution in [0.3, 0.4) is 0 Å². The lowest BCUT2D eigenvalue weighted by Crippen LogP contribution is -2.37. The maximum atomic E-state index is 5.82. The van der Waals surface area contributed by atoms with Crippen molar-refractivity contribution in [2.24, 2.45) is 4.99 Å². The number of halogens is 1. The van der Waals surface area contributed by atoms with Crippen LogP contribution in [-0.2, 0) is 16.0 Å². The maximum absolute atomic E-state index is 5.82. The van der Waals surface area contributed by atoms with Crippen molar-refractivity contribution in [3.05, 3.63) is 29.3 Å². The Balaban J connectivity index is 0.00000625. The topological polar surface area (TPSA) is 64.1 Å². The average Bonchev–Trinajstić information content (AvgIpc) is 2.62. The molecular weight excluding hydrogens is 445 g/mol. The van der Waals surface area contributed by atoms with Crippen molar-refractivity contribution in [2.45, 2.75) is 33.2 Å². The molecule has 0 fully saturated rings. The second kappa shape index (κ2) is 16.1. The molecule has 0 spiro atoms. The Morgan fingerprint density at radius 1 is 1.12 bits per heavy atom. The smallest absolute Gasteiger partial charge is 0.191 e. The van der Waals surface area contributed by atoms with E-state index in [0.29, 0.717) is 19.8 Å². The summed E-state index contributed by atoms with van der Waals surface area (Å²) < 4.78 is 16.2. The molecule has 6 nitrogen and oxygen atoms in total. The van der Waals surface area contributed by atoms with E-state index in [1.165, 1.54) is 5.56 Å². The van der Waals surface area contributed by atoms with Crippen molar-refractivity contribution in [1.82, 2.24) is 10.6 Å². The summed E-state index contributed by atoms with van der Waals surface area (Å²) in [6, 6.07) is 6.22. The van der Waals surface area contributed by atoms with Crippen LogP contribution in [-0.4, -0.2) is 53.1 Å². The van der Waals surface area contributed by atoms with Gasteiger partial charge in [0.25, 0.3) is 0 Å². The number of benzene rings is 1. The van der Waals surface area contributed by atoms with E-state index in [2.05, 4.69) is 40.7 Å². The number of methoxy groups -OCH3 is 1. The van der Waals surface area contributed by atoms with Crippen LogP contribution < -0.4 is 15.4 Å². The van der Waals surface area contributed by atoms with E-state index in [9.17, 15) is 0 Å². The molecule has 0 aromatic heterocycles. The number of guanidine groups is 1. The summed E-state index contributed by atoms with van der Waals surface area (Å²) in [4.78, 5) is 4.26. The van der Waals surface area contributed by atoms with Gasteiger partial charge in [-0.2, -0.15) is 0 Å². The van der Waals surface area contributed by atoms with Gasteiger partial charge in [-0.1, -0.05) is 12.1 Å². The summed E-state index contributed by atoms with van der Waals surface area (Å²) in [6.45, 7) is 8.31. The number of nitrogens with zero attached hydrogens (tertiary/aromatic N) is 1. The number of aliphatic imine (C=N–C) groups is 1. The lowest BCUT2D eigenvalue weighted by atomic mass is 10.1. The molecule has 0 aliphatic heterocycles. The van der Waals surface area contributed by atoms with Gasteiger partial charge in [0, 0.05) is 46.0 Å². The maximum Gasteiger partial charge on any atom is 0.191 e. The molecule has 0 bridgehead atoms. The van der Waals surface area contributed by atoms with Gasteiger partial charge >= 0.3 is 0 Å². The Morgan fingerprint density at radius 2 is 1.92 bits per heavy atom. The summed E-state index contributed by atoms with van der Waals surface area (Å²) in [5.74, 6) is 1.68. The predicted molar refractivity (Wildman–Crippen MR) is 118 cm³/mol. The van der Waals surface area contributed by atoms with E-state index >= 15 is 0 Å². The first-order valence-electron chi connectivity index (χ1n) is 8.94. The van der Waals surface area contributed by atoms with Gasteiger partial charge in [-0.25, -0.2) is 0 Å². The molecule has 0 unspecified atom stereocenters. The minimum atomic E-state index is 0. The van der Waals surface area contributed by atoms with Gasteiger partial charge < -0.3 is 24.8 Å². The first kappa shape index (κ1) is 24.9. The van der Waals surface area contributed by atoms with Crippen LogP contribution >= 0.6 is 24.0 Å². The lowest BCUT2D eigenvalue weighted by molar-refractivity contribution is 0.143. The Morgan fingerprint density at radius 3 is 2.62 bits per heavy atom. The van der Waals surface area contributed by atoms with Crippen LogP contribution in [0, 0.1) is 6.92 Å². The fourth-order valence-corrected chi connectivity index (χ4v) is 2.26. The van der Waals surface area contributed by atoms with Crippen molar-refractivity contribution in [3.63, 3.8) is 0 Å². The number of ether oxygens (including phenoxy) is 3. The van der Waals surface area contributed by atoms with Crippen LogP contribution in [0.15, 0.2) is 23.2 Å². The van der Waals surface area contributed by atoms with E-state index < -0.39 is 0 Å². The second-order valence-electron chi connectivity index (χ2n) is 5.71. The second-order valence-corrected chi connectivity index (χ2v) is 5.71. The van der Waals surface area contributed by atoms with Crippen LogP contribution in [0.25, 0.3) is 0 Å². The van der Waals surface area contributed by atoms with Gasteiger partial charge in [0.05, 0.1) is 6.61 Å². The fraction of sp³-hybridized carbons (Fsp3) is 0.632. The molecule has 0 aliphatic rings. The summed E-state index contributed by atoms with van der Waals surface area (Å²) in [5.41, 5.74) is 2.27. The molecule has 150 valence electrons. The molecule has 0 saturated carbocycles. The minimum Gasteiger partial charge on any atom is -0.491 e. The first-order valence-corrected chi connectivity index (χ1v) is 8.94. The number of unbranched alkanes of at least 4 members (excludes halogenated alkanes) is 1. The van der Waals surface area contributed by atoms with Gasteiger partial charge in [0.15, 0.2) is 5.96 Å². The minimum absolute atomic E-state index is 0. The zero-order valence-electron chi connectivity index (χ0n) is 16.5. The van der Waals surface area contributed by atoms with Crippen molar-refractivity contribution < 1.29 is 14.2 Å². The van der Waals surface area contributed by atoms with Crippen molar-refractivity contribution in [3.8, 4) is 5.75 Å². The summed E-state index contributed by atoms with van der Waals surface area (Å²) in [7, 11) is 3.45. The standard InChI is InChI=1S/C19H33N3O3.HI/c1-5-24-11-7-6-10-21-19(20-3)22-15-17-9-8-16(2)14-18(17)25-13-12-23-4;/h8-9,14H,5-7,10-13,15H2,1-4H3,(H2,20,21,22);1H. The van der Waals surface area contributed by atoms with Gasteiger partial charge in [0.1, 0.15) is 12.4 Å². The first-order chi connectivity index (χ1) is 12.2. The number of hydrogen-bond donors (Lipinski definition) is 2. The van der Waals surface area contributed by atoms with Gasteiger partial charge in [-0.05, 0) is 38.3 Å². The van der Waals surface area contributed by atoms with Crippen LogP contribution in [0.1, 0.15) is 30.9 Å². The zero-order chi connectivity index (χ0) is 18.3. The lowest BCUT2D eigenvalue weighted by Gasteiger charge is -2.15. The molecule has 1 aromatic carbocycles. The molecule has 1 rings (SSSR count). The van der Waals surface area contributed by atoms with Crippen molar-refractivity contribution in [1.29, 1.82) is 0 Å². The number of aryl methyl sites for hydroxylation is 1. The fourth-order valence-electron chi connectivity index (χ4n) is 2.26. The van der Waals surface area contributed by atoms with E-state index in [1.807, 2.05) is 6.92 Å². The molecule has 7 heteroatoms. The van der Waals surface area contributed by atoms with Crippen molar-refractivity contribution in [2.75, 3.05) is 47.1 Å². The van der Waals surface area contributed by atoms with Crippen molar-refractivity contribution >= 4 is 29.9 Å². The molecule has 0 atom stereocenters. The molecule has 1 aromatic rings. The van der Waals surface area contributed by atoms with Gasteiger partial charge in [-0.15, -0.1) is 24.0 Å². The summed E-state index contributed by atoms with van der Waals surface area (Å²) in [5, 5.41) is 6.66. The third-order valence-corrected chi connectivity index (χ3v) is 3.65. The molecule has 2 N–H and O–H groups in total. The number of hydrogen-bond acceptors (Lipinski definition) is 4. The highest BCUT2D eigenvalue weighted by Gasteiger charge is 2.06. The largest absolute Gasteiger partial charge is 0.491 e. The van der Waals surface area contributed by atoms with Crippen LogP contribution in [0.2, 0.25) is 0 Å². The zero-order valence-corrected chi connectivity index (χ0v) is 18.8. The highest BCUT2D eigenvalue weighted by atomic mass is 127. The SMILES string of the molecule is CCOCCCCNC(=NC)NCc1ccc(C)cc1OCCOC.I. The third kappa shape index (κ3) is 10.8. The molecule has 0 aliphatic carbocycles. The van der Waals surface area contributed by atoms with Crippen LogP contribution in [0.4, 0.5) is 0 Å². The number of rotatable bonds is 12. The van der Waals surface area contributed by atoms with Gasteiger partial charge in [-0.3, -0.25) is 4.99 Å². The summed E-state index contributed by atoms with van der Waals surface area (Å²) >= 11 is 0. The van der Waals surface area contributed by atoms with E-state index in [1.54, 1.807) is 14.2 Å². The monoisotopic (exact) mass is 479 g/mol. The normalized spacial score (nSPS) is 11.0. The highest BCUT2D eigenvalue weighted by molar-refractivity contribution is 14.0. The molecule has 0 radical (unpaired) electrons. The molecule has 0 heterocycles. The van der Waals surface area contributed by atoms with Gasteiger partial charge in [0.2, 0.25) is 0 Å². The van der Waals surface area contributed by atoms with E-state index in [0.717, 1.165) is 49.9 Å². The predicted octanol–water partition coefficient (Wildman–Crippen LogP) is 3.12.